The molecular weight excluding hydrogens is 340 g/mol. The van der Waals surface area contributed by atoms with Crippen molar-refractivity contribution in [2.24, 2.45) is 5.92 Å². The Bertz CT molecular complexity index is 616. The van der Waals surface area contributed by atoms with Crippen LogP contribution in [0.2, 0.25) is 0 Å². The lowest BCUT2D eigenvalue weighted by molar-refractivity contribution is -0.132. The minimum atomic E-state index is -0.0158. The van der Waals surface area contributed by atoms with Gasteiger partial charge in [0.25, 0.3) is 0 Å². The molecule has 2 fully saturated rings. The summed E-state index contributed by atoms with van der Waals surface area (Å²) in [6.07, 6.45) is 4.21. The van der Waals surface area contributed by atoms with Crippen molar-refractivity contribution in [3.05, 3.63) is 35.9 Å². The lowest BCUT2D eigenvalue weighted by atomic mass is 9.97. The summed E-state index contributed by atoms with van der Waals surface area (Å²) in [6, 6.07) is 10.1. The molecule has 2 N–H and O–H groups in total. The number of carbonyl (C=O) groups excluding carboxylic acids is 2. The number of nitrogens with zero attached hydrogens (tertiary/aromatic N) is 2. The van der Waals surface area contributed by atoms with Crippen molar-refractivity contribution >= 4 is 11.8 Å². The van der Waals surface area contributed by atoms with Crippen LogP contribution in [-0.4, -0.2) is 67.4 Å². The molecule has 1 aromatic rings. The second kappa shape index (κ2) is 9.85. The molecule has 2 amide bonds. The Labute approximate surface area is 162 Å². The van der Waals surface area contributed by atoms with E-state index in [2.05, 4.69) is 15.5 Å². The van der Waals surface area contributed by atoms with E-state index in [1.807, 2.05) is 37.4 Å². The number of nitrogens with one attached hydrogen (secondary N) is 2. The molecule has 0 aromatic heterocycles. The second-order valence-corrected chi connectivity index (χ2v) is 7.87. The molecule has 0 radical (unpaired) electrons. The maximum absolute atomic E-state index is 12.6. The van der Waals surface area contributed by atoms with E-state index < -0.39 is 0 Å². The van der Waals surface area contributed by atoms with Gasteiger partial charge in [0.1, 0.15) is 0 Å². The highest BCUT2D eigenvalue weighted by Crippen LogP contribution is 2.16. The predicted octanol–water partition coefficient (Wildman–Crippen LogP) is 1.23. The number of piperidine rings is 1. The molecule has 2 unspecified atom stereocenters. The van der Waals surface area contributed by atoms with Crippen molar-refractivity contribution in [3.8, 4) is 0 Å². The van der Waals surface area contributed by atoms with Crippen molar-refractivity contribution in [3.63, 3.8) is 0 Å². The van der Waals surface area contributed by atoms with E-state index in [1.165, 1.54) is 0 Å². The van der Waals surface area contributed by atoms with E-state index in [0.717, 1.165) is 50.9 Å². The fourth-order valence-corrected chi connectivity index (χ4v) is 4.00. The zero-order chi connectivity index (χ0) is 19.1. The molecule has 1 aromatic carbocycles. The number of rotatable bonds is 7. The van der Waals surface area contributed by atoms with Crippen LogP contribution in [0.5, 0.6) is 0 Å². The quantitative estimate of drug-likeness (QED) is 0.756. The first-order valence-corrected chi connectivity index (χ1v) is 10.1. The molecule has 6 heteroatoms. The summed E-state index contributed by atoms with van der Waals surface area (Å²) < 4.78 is 0. The largest absolute Gasteiger partial charge is 0.354 e. The first kappa shape index (κ1) is 19.8. The van der Waals surface area contributed by atoms with Gasteiger partial charge in [-0.15, -0.1) is 0 Å². The molecule has 0 spiro atoms. The maximum atomic E-state index is 12.6. The number of hydrogen-bond donors (Lipinski definition) is 2. The average molecular weight is 373 g/mol. The average Bonchev–Trinajstić information content (AvgIpc) is 3.22. The molecule has 3 rings (SSSR count). The van der Waals surface area contributed by atoms with Gasteiger partial charge in [-0.2, -0.15) is 0 Å². The fourth-order valence-electron chi connectivity index (χ4n) is 4.00. The van der Waals surface area contributed by atoms with Gasteiger partial charge in [0.15, 0.2) is 0 Å². The van der Waals surface area contributed by atoms with E-state index >= 15 is 0 Å². The molecule has 0 bridgehead atoms. The van der Waals surface area contributed by atoms with Crippen LogP contribution < -0.4 is 10.6 Å². The Morgan fingerprint density at radius 2 is 2.04 bits per heavy atom. The third-order valence-corrected chi connectivity index (χ3v) is 5.59. The normalized spacial score (nSPS) is 23.1. The minimum absolute atomic E-state index is 0.0158. The molecular formula is C21H32N4O2. The number of likely N-dealkylation sites (N-methyl/N-ethyl adjacent to an activating group) is 1. The number of carbonyl (C=O) groups is 2. The van der Waals surface area contributed by atoms with Crippen LogP contribution in [0.25, 0.3) is 0 Å². The number of hydrogen-bond acceptors (Lipinski definition) is 4. The van der Waals surface area contributed by atoms with Crippen LogP contribution in [0.3, 0.4) is 0 Å². The van der Waals surface area contributed by atoms with Gasteiger partial charge in [-0.05, 0) is 50.3 Å². The summed E-state index contributed by atoms with van der Waals surface area (Å²) in [5, 5.41) is 6.34. The lowest BCUT2D eigenvalue weighted by Crippen LogP contribution is -2.47. The summed E-state index contributed by atoms with van der Waals surface area (Å²) in [7, 11) is 1.87. The SMILES string of the molecule is CN(Cc1ccccc1)C(=O)CN1CCCC(CNC(=O)C2CCCN2)C1. The van der Waals surface area contributed by atoms with Gasteiger partial charge in [-0.1, -0.05) is 30.3 Å². The Morgan fingerprint density at radius 1 is 1.22 bits per heavy atom. The third kappa shape index (κ3) is 6.04. The van der Waals surface area contributed by atoms with Crippen LogP contribution in [0.15, 0.2) is 30.3 Å². The second-order valence-electron chi connectivity index (χ2n) is 7.87. The number of benzene rings is 1. The summed E-state index contributed by atoms with van der Waals surface area (Å²) in [6.45, 7) is 4.58. The molecule has 0 aliphatic carbocycles. The van der Waals surface area contributed by atoms with Crippen LogP contribution in [-0.2, 0) is 16.1 Å². The van der Waals surface area contributed by atoms with Crippen molar-refractivity contribution < 1.29 is 9.59 Å². The Kier molecular flexibility index (Phi) is 7.24. The molecule has 148 valence electrons. The molecule has 0 saturated carbocycles. The smallest absolute Gasteiger partial charge is 0.237 e. The van der Waals surface area contributed by atoms with E-state index in [1.54, 1.807) is 4.90 Å². The summed E-state index contributed by atoms with van der Waals surface area (Å²) in [5.74, 6) is 0.707. The Hall–Kier alpha value is -1.92. The number of amides is 2. The maximum Gasteiger partial charge on any atom is 0.237 e. The highest BCUT2D eigenvalue weighted by Gasteiger charge is 2.25. The summed E-state index contributed by atoms with van der Waals surface area (Å²) >= 11 is 0. The van der Waals surface area contributed by atoms with Gasteiger partial charge in [-0.25, -0.2) is 0 Å². The summed E-state index contributed by atoms with van der Waals surface area (Å²) in [5.41, 5.74) is 1.15. The van der Waals surface area contributed by atoms with Gasteiger partial charge in [0, 0.05) is 26.7 Å². The fraction of sp³-hybridized carbons (Fsp3) is 0.619. The van der Waals surface area contributed by atoms with Crippen LogP contribution >= 0.6 is 0 Å². The van der Waals surface area contributed by atoms with Gasteiger partial charge >= 0.3 is 0 Å². The number of likely N-dealkylation sites (tertiary alicyclic amines) is 1. The topological polar surface area (TPSA) is 64.7 Å². The van der Waals surface area contributed by atoms with Crippen molar-refractivity contribution in [2.45, 2.75) is 38.3 Å². The van der Waals surface area contributed by atoms with E-state index in [0.29, 0.717) is 25.6 Å². The van der Waals surface area contributed by atoms with E-state index in [-0.39, 0.29) is 17.9 Å². The highest BCUT2D eigenvalue weighted by atomic mass is 16.2. The molecule has 2 saturated heterocycles. The van der Waals surface area contributed by atoms with Crippen molar-refractivity contribution in [1.29, 1.82) is 0 Å². The predicted molar refractivity (Wildman–Crippen MR) is 106 cm³/mol. The first-order valence-electron chi connectivity index (χ1n) is 10.1. The van der Waals surface area contributed by atoms with E-state index in [4.69, 9.17) is 0 Å². The molecule has 2 aliphatic rings. The van der Waals surface area contributed by atoms with Crippen LogP contribution in [0.4, 0.5) is 0 Å². The Morgan fingerprint density at radius 3 is 2.78 bits per heavy atom. The summed E-state index contributed by atoms with van der Waals surface area (Å²) in [4.78, 5) is 28.8. The molecule has 6 nitrogen and oxygen atoms in total. The zero-order valence-corrected chi connectivity index (χ0v) is 16.3. The molecule has 2 aliphatic heterocycles. The van der Waals surface area contributed by atoms with Crippen molar-refractivity contribution in [2.75, 3.05) is 39.8 Å². The highest BCUT2D eigenvalue weighted by molar-refractivity contribution is 5.82. The van der Waals surface area contributed by atoms with E-state index in [9.17, 15) is 9.59 Å². The van der Waals surface area contributed by atoms with Gasteiger partial charge in [0.05, 0.1) is 12.6 Å². The molecule has 27 heavy (non-hydrogen) atoms. The Balaban J connectivity index is 1.40. The third-order valence-electron chi connectivity index (χ3n) is 5.59. The monoisotopic (exact) mass is 372 g/mol. The minimum Gasteiger partial charge on any atom is -0.354 e. The van der Waals surface area contributed by atoms with Crippen molar-refractivity contribution in [1.82, 2.24) is 20.4 Å². The zero-order valence-electron chi connectivity index (χ0n) is 16.3. The lowest BCUT2D eigenvalue weighted by Gasteiger charge is -2.33. The van der Waals surface area contributed by atoms with Crippen LogP contribution in [0, 0.1) is 5.92 Å². The van der Waals surface area contributed by atoms with Gasteiger partial charge in [-0.3, -0.25) is 14.5 Å². The van der Waals surface area contributed by atoms with Gasteiger partial charge in [0.2, 0.25) is 11.8 Å². The standard InChI is InChI=1S/C21H32N4O2/c1-24(14-17-7-3-2-4-8-17)20(26)16-25-12-6-9-18(15-25)13-23-21(27)19-10-5-11-22-19/h2-4,7-8,18-19,22H,5-6,9-16H2,1H3,(H,23,27). The first-order chi connectivity index (χ1) is 13.1. The van der Waals surface area contributed by atoms with Gasteiger partial charge < -0.3 is 15.5 Å². The molecule has 2 atom stereocenters. The molecule has 2 heterocycles. The van der Waals surface area contributed by atoms with Crippen LogP contribution in [0.1, 0.15) is 31.2 Å².